The van der Waals surface area contributed by atoms with E-state index in [-0.39, 0.29) is 11.7 Å². The van der Waals surface area contributed by atoms with Crippen LogP contribution in [0.25, 0.3) is 5.65 Å². The number of amides is 1. The Bertz CT molecular complexity index is 659. The standard InChI is InChI=1S/C13H14F3N3O/c1-7(2)17-12(20)10-11(13(14,15)16)18-9-5-4-8(3)6-19(9)10/h4-7H,1-3H3,(H,17,20). The van der Waals surface area contributed by atoms with Crippen molar-refractivity contribution in [3.63, 3.8) is 0 Å². The fraction of sp³-hybridized carbons (Fsp3) is 0.385. The van der Waals surface area contributed by atoms with Gasteiger partial charge in [0.15, 0.2) is 5.69 Å². The van der Waals surface area contributed by atoms with Gasteiger partial charge in [-0.3, -0.25) is 9.20 Å². The van der Waals surface area contributed by atoms with Crippen LogP contribution in [0.1, 0.15) is 35.6 Å². The molecule has 0 spiro atoms. The van der Waals surface area contributed by atoms with Crippen molar-refractivity contribution >= 4 is 11.6 Å². The zero-order valence-corrected chi connectivity index (χ0v) is 11.2. The van der Waals surface area contributed by atoms with Crippen molar-refractivity contribution in [3.05, 3.63) is 35.3 Å². The predicted octanol–water partition coefficient (Wildman–Crippen LogP) is 2.80. The first-order valence-electron chi connectivity index (χ1n) is 6.07. The van der Waals surface area contributed by atoms with E-state index in [4.69, 9.17) is 0 Å². The highest BCUT2D eigenvalue weighted by Gasteiger charge is 2.40. The number of fused-ring (bicyclic) bond motifs is 1. The highest BCUT2D eigenvalue weighted by atomic mass is 19.4. The summed E-state index contributed by atoms with van der Waals surface area (Å²) in [6.45, 7) is 5.09. The molecular formula is C13H14F3N3O. The van der Waals surface area contributed by atoms with Gasteiger partial charge in [-0.2, -0.15) is 13.2 Å². The molecule has 1 amide bonds. The first-order valence-corrected chi connectivity index (χ1v) is 6.07. The quantitative estimate of drug-likeness (QED) is 0.922. The Morgan fingerprint density at radius 2 is 2.00 bits per heavy atom. The molecule has 108 valence electrons. The number of rotatable bonds is 2. The van der Waals surface area contributed by atoms with Crippen LogP contribution in [0.5, 0.6) is 0 Å². The summed E-state index contributed by atoms with van der Waals surface area (Å²) < 4.78 is 40.3. The molecule has 4 nitrogen and oxygen atoms in total. The predicted molar refractivity (Wildman–Crippen MR) is 67.5 cm³/mol. The number of imidazole rings is 1. The highest BCUT2D eigenvalue weighted by Crippen LogP contribution is 2.32. The van der Waals surface area contributed by atoms with E-state index in [0.717, 1.165) is 5.56 Å². The van der Waals surface area contributed by atoms with Gasteiger partial charge in [0, 0.05) is 12.2 Å². The molecular weight excluding hydrogens is 271 g/mol. The van der Waals surface area contributed by atoms with E-state index in [1.165, 1.54) is 16.7 Å². The third-order valence-corrected chi connectivity index (χ3v) is 2.67. The highest BCUT2D eigenvalue weighted by molar-refractivity contribution is 5.95. The summed E-state index contributed by atoms with van der Waals surface area (Å²) in [5.41, 5.74) is -0.815. The summed E-state index contributed by atoms with van der Waals surface area (Å²) in [5.74, 6) is -0.787. The van der Waals surface area contributed by atoms with Gasteiger partial charge < -0.3 is 5.32 Å². The van der Waals surface area contributed by atoms with Gasteiger partial charge in [-0.25, -0.2) is 4.98 Å². The Balaban J connectivity index is 2.69. The molecule has 0 bridgehead atoms. The first-order chi connectivity index (χ1) is 9.20. The average Bonchev–Trinajstić information content (AvgIpc) is 2.66. The zero-order valence-electron chi connectivity index (χ0n) is 11.2. The Morgan fingerprint density at radius 3 is 2.55 bits per heavy atom. The van der Waals surface area contributed by atoms with E-state index in [0.29, 0.717) is 0 Å². The molecule has 20 heavy (non-hydrogen) atoms. The molecule has 2 aromatic heterocycles. The lowest BCUT2D eigenvalue weighted by Gasteiger charge is -2.11. The number of carbonyl (C=O) groups excluding carboxylic acids is 1. The molecule has 0 aliphatic carbocycles. The summed E-state index contributed by atoms with van der Waals surface area (Å²) in [7, 11) is 0. The number of halogens is 3. The largest absolute Gasteiger partial charge is 0.435 e. The summed E-state index contributed by atoms with van der Waals surface area (Å²) in [4.78, 5) is 15.6. The maximum atomic E-state index is 13.0. The van der Waals surface area contributed by atoms with Crippen molar-refractivity contribution in [1.29, 1.82) is 0 Å². The molecule has 2 aromatic rings. The van der Waals surface area contributed by atoms with E-state index in [1.54, 1.807) is 26.8 Å². The lowest BCUT2D eigenvalue weighted by molar-refractivity contribution is -0.141. The van der Waals surface area contributed by atoms with Gasteiger partial charge in [0.05, 0.1) is 0 Å². The molecule has 0 aliphatic rings. The van der Waals surface area contributed by atoms with Crippen molar-refractivity contribution in [2.75, 3.05) is 0 Å². The number of alkyl halides is 3. The van der Waals surface area contributed by atoms with Crippen LogP contribution in [0.4, 0.5) is 13.2 Å². The minimum Gasteiger partial charge on any atom is -0.349 e. The van der Waals surface area contributed by atoms with Gasteiger partial charge in [0.2, 0.25) is 0 Å². The zero-order chi connectivity index (χ0) is 15.1. The lowest BCUT2D eigenvalue weighted by atomic mass is 10.2. The average molecular weight is 285 g/mol. The van der Waals surface area contributed by atoms with Crippen molar-refractivity contribution in [2.24, 2.45) is 0 Å². The molecule has 7 heteroatoms. The first kappa shape index (κ1) is 14.4. The summed E-state index contributed by atoms with van der Waals surface area (Å²) in [5, 5.41) is 2.47. The Hall–Kier alpha value is -2.05. The SMILES string of the molecule is Cc1ccc2nc(C(F)(F)F)c(C(=O)NC(C)C)n2c1. The number of hydrogen-bond acceptors (Lipinski definition) is 2. The molecule has 0 atom stereocenters. The molecule has 0 radical (unpaired) electrons. The molecule has 0 saturated heterocycles. The topological polar surface area (TPSA) is 46.4 Å². The number of hydrogen-bond donors (Lipinski definition) is 1. The molecule has 0 saturated carbocycles. The number of aromatic nitrogens is 2. The third kappa shape index (κ3) is 2.61. The van der Waals surface area contributed by atoms with Crippen LogP contribution in [0.2, 0.25) is 0 Å². The van der Waals surface area contributed by atoms with Crippen LogP contribution in [0, 0.1) is 6.92 Å². The normalized spacial score (nSPS) is 12.2. The van der Waals surface area contributed by atoms with E-state index in [1.807, 2.05) is 0 Å². The molecule has 2 heterocycles. The maximum absolute atomic E-state index is 13.0. The van der Waals surface area contributed by atoms with Crippen LogP contribution >= 0.6 is 0 Å². The smallest absolute Gasteiger partial charge is 0.349 e. The second kappa shape index (κ2) is 4.81. The maximum Gasteiger partial charge on any atom is 0.435 e. The Morgan fingerprint density at radius 1 is 1.35 bits per heavy atom. The van der Waals surface area contributed by atoms with Gasteiger partial charge in [-0.1, -0.05) is 6.07 Å². The number of carbonyl (C=O) groups is 1. The van der Waals surface area contributed by atoms with Gasteiger partial charge in [0.1, 0.15) is 11.3 Å². The Kier molecular flexibility index (Phi) is 3.45. The second-order valence-electron chi connectivity index (χ2n) is 4.87. The van der Waals surface area contributed by atoms with Gasteiger partial charge in [-0.05, 0) is 32.4 Å². The van der Waals surface area contributed by atoms with E-state index in [9.17, 15) is 18.0 Å². The minimum atomic E-state index is -4.68. The molecule has 0 aliphatic heterocycles. The van der Waals surface area contributed by atoms with Crippen LogP contribution in [-0.2, 0) is 6.18 Å². The lowest BCUT2D eigenvalue weighted by Crippen LogP contribution is -2.32. The third-order valence-electron chi connectivity index (χ3n) is 2.67. The van der Waals surface area contributed by atoms with Crippen LogP contribution < -0.4 is 5.32 Å². The number of aryl methyl sites for hydroxylation is 1. The van der Waals surface area contributed by atoms with Crippen LogP contribution in [0.3, 0.4) is 0 Å². The second-order valence-corrected chi connectivity index (χ2v) is 4.87. The summed E-state index contributed by atoms with van der Waals surface area (Å²) >= 11 is 0. The minimum absolute atomic E-state index is 0.0943. The van der Waals surface area contributed by atoms with Gasteiger partial charge >= 0.3 is 6.18 Å². The van der Waals surface area contributed by atoms with Gasteiger partial charge in [-0.15, -0.1) is 0 Å². The molecule has 0 fully saturated rings. The van der Waals surface area contributed by atoms with Crippen molar-refractivity contribution in [1.82, 2.24) is 14.7 Å². The van der Waals surface area contributed by atoms with E-state index >= 15 is 0 Å². The summed E-state index contributed by atoms with van der Waals surface area (Å²) in [6.07, 6.45) is -3.21. The van der Waals surface area contributed by atoms with E-state index in [2.05, 4.69) is 10.3 Å². The fourth-order valence-electron chi connectivity index (χ4n) is 1.90. The van der Waals surface area contributed by atoms with Crippen LogP contribution in [0.15, 0.2) is 18.3 Å². The monoisotopic (exact) mass is 285 g/mol. The molecule has 2 rings (SSSR count). The number of nitrogens with one attached hydrogen (secondary N) is 1. The molecule has 0 aromatic carbocycles. The molecule has 1 N–H and O–H groups in total. The van der Waals surface area contributed by atoms with Crippen molar-refractivity contribution in [2.45, 2.75) is 33.0 Å². The van der Waals surface area contributed by atoms with E-state index < -0.39 is 23.5 Å². The van der Waals surface area contributed by atoms with Crippen molar-refractivity contribution < 1.29 is 18.0 Å². The fourth-order valence-corrected chi connectivity index (χ4v) is 1.90. The number of nitrogens with zero attached hydrogens (tertiary/aromatic N) is 2. The van der Waals surface area contributed by atoms with Gasteiger partial charge in [0.25, 0.3) is 5.91 Å². The number of pyridine rings is 1. The van der Waals surface area contributed by atoms with Crippen LogP contribution in [-0.4, -0.2) is 21.3 Å². The Labute approximate surface area is 113 Å². The summed E-state index contributed by atoms with van der Waals surface area (Å²) in [6, 6.07) is 2.84. The molecule has 0 unspecified atom stereocenters. The van der Waals surface area contributed by atoms with Crippen molar-refractivity contribution in [3.8, 4) is 0 Å².